The number of hydrogen-bond acceptors (Lipinski definition) is 1. The molecule has 22 heavy (non-hydrogen) atoms. The van der Waals surface area contributed by atoms with Gasteiger partial charge in [0, 0.05) is 1.43 Å². The van der Waals surface area contributed by atoms with Crippen molar-refractivity contribution in [2.24, 2.45) is 5.92 Å². The Morgan fingerprint density at radius 3 is 2.45 bits per heavy atom. The van der Waals surface area contributed by atoms with Gasteiger partial charge in [0.05, 0.1) is 11.9 Å². The highest BCUT2D eigenvalue weighted by Crippen LogP contribution is 2.58. The lowest BCUT2D eigenvalue weighted by molar-refractivity contribution is 0.999. The molecule has 0 saturated heterocycles. The molecule has 2 atom stereocenters. The van der Waals surface area contributed by atoms with E-state index in [9.17, 15) is 0 Å². The van der Waals surface area contributed by atoms with Crippen LogP contribution in [0.3, 0.4) is 0 Å². The predicted octanol–water partition coefficient (Wildman–Crippen LogP) is 5.98. The molecule has 0 radical (unpaired) electrons. The Balaban J connectivity index is 0.000000494. The van der Waals surface area contributed by atoms with Crippen LogP contribution in [-0.4, -0.2) is 9.97 Å². The number of aromatic nitrogens is 2. The van der Waals surface area contributed by atoms with E-state index in [2.05, 4.69) is 41.2 Å². The van der Waals surface area contributed by atoms with Gasteiger partial charge in [-0.25, -0.2) is 4.98 Å². The largest absolute Gasteiger partial charge is 0.343 e. The third-order valence-corrected chi connectivity index (χ3v) is 4.16. The minimum atomic E-state index is 0. The van der Waals surface area contributed by atoms with Gasteiger partial charge in [-0.3, -0.25) is 0 Å². The van der Waals surface area contributed by atoms with Gasteiger partial charge in [0.1, 0.15) is 5.82 Å². The lowest BCUT2D eigenvalue weighted by Gasteiger charge is -2.15. The second kappa shape index (κ2) is 6.95. The number of hydrogen-bond donors (Lipinski definition) is 1. The zero-order valence-electron chi connectivity index (χ0n) is 14.7. The number of nitrogens with zero attached hydrogens (tertiary/aromatic N) is 1. The Morgan fingerprint density at radius 1 is 1.09 bits per heavy atom. The summed E-state index contributed by atoms with van der Waals surface area (Å²) < 4.78 is 0. The molecule has 1 aromatic heterocycles. The van der Waals surface area contributed by atoms with Gasteiger partial charge in [-0.2, -0.15) is 0 Å². The number of imidazole rings is 1. The van der Waals surface area contributed by atoms with Crippen molar-refractivity contribution in [2.75, 3.05) is 0 Å². The topological polar surface area (TPSA) is 28.7 Å². The van der Waals surface area contributed by atoms with Crippen molar-refractivity contribution in [2.45, 2.75) is 53.9 Å². The van der Waals surface area contributed by atoms with Crippen LogP contribution in [0.4, 0.5) is 0 Å². The van der Waals surface area contributed by atoms with Gasteiger partial charge in [-0.15, -0.1) is 0 Å². The summed E-state index contributed by atoms with van der Waals surface area (Å²) >= 11 is 0. The minimum Gasteiger partial charge on any atom is -0.343 e. The van der Waals surface area contributed by atoms with Gasteiger partial charge < -0.3 is 4.98 Å². The number of allylic oxidation sites excluding steroid dienone is 1. The highest BCUT2D eigenvalue weighted by Gasteiger charge is 2.45. The Kier molecular flexibility index (Phi) is 5.23. The minimum absolute atomic E-state index is 0. The summed E-state index contributed by atoms with van der Waals surface area (Å²) in [7, 11) is 0. The van der Waals surface area contributed by atoms with E-state index in [1.165, 1.54) is 28.8 Å². The normalized spacial score (nSPS) is 20.4. The average molecular weight is 298 g/mol. The molecule has 2 aliphatic rings. The van der Waals surface area contributed by atoms with Crippen LogP contribution in [0, 0.1) is 19.8 Å². The van der Waals surface area contributed by atoms with Gasteiger partial charge in [-0.1, -0.05) is 51.5 Å². The van der Waals surface area contributed by atoms with Crippen LogP contribution in [0.2, 0.25) is 0 Å². The summed E-state index contributed by atoms with van der Waals surface area (Å²) in [5.41, 5.74) is 6.94. The van der Waals surface area contributed by atoms with Crippen LogP contribution in [0.15, 0.2) is 24.4 Å². The highest BCUT2D eigenvalue weighted by atomic mass is 14.9. The van der Waals surface area contributed by atoms with E-state index < -0.39 is 0 Å². The number of aromatic amines is 1. The molecule has 2 nitrogen and oxygen atoms in total. The summed E-state index contributed by atoms with van der Waals surface area (Å²) in [6, 6.07) is 6.81. The second-order valence-electron chi connectivity index (χ2n) is 5.56. The maximum absolute atomic E-state index is 4.32. The molecule has 0 aliphatic heterocycles. The van der Waals surface area contributed by atoms with E-state index in [-0.39, 0.29) is 1.43 Å². The Bertz CT molecular complexity index is 670. The van der Waals surface area contributed by atoms with Gasteiger partial charge >= 0.3 is 0 Å². The number of aryl methyl sites for hydroxylation is 2. The quantitative estimate of drug-likeness (QED) is 0.689. The summed E-state index contributed by atoms with van der Waals surface area (Å²) in [6.45, 7) is 12.2. The van der Waals surface area contributed by atoms with Crippen molar-refractivity contribution in [1.82, 2.24) is 9.97 Å². The van der Waals surface area contributed by atoms with Crippen LogP contribution in [-0.2, 0) is 0 Å². The maximum atomic E-state index is 4.32. The number of H-pyrrole nitrogens is 1. The molecule has 2 aliphatic carbocycles. The van der Waals surface area contributed by atoms with E-state index in [1.807, 2.05) is 40.8 Å². The SMILES string of the molecule is CC.CC.Cc1ccc2c(c1)C1CC1C(c1cnc(C)[nH]1)=C2.[HH]. The molecule has 0 spiro atoms. The van der Waals surface area contributed by atoms with E-state index in [1.54, 1.807) is 5.56 Å². The second-order valence-corrected chi connectivity index (χ2v) is 5.56. The van der Waals surface area contributed by atoms with Crippen molar-refractivity contribution in [3.8, 4) is 0 Å². The standard InChI is InChI=1S/C16H16N2.2C2H6.H2/c1-9-3-4-11-6-15(16-8-17-10(2)18-16)14-7-13(14)12(11)5-9;2*1-2;/h3-6,8,13-14H,7H2,1-2H3,(H,17,18);2*1-2H3;1H. The van der Waals surface area contributed by atoms with Crippen molar-refractivity contribution in [3.63, 3.8) is 0 Å². The predicted molar refractivity (Wildman–Crippen MR) is 98.0 cm³/mol. The number of nitrogens with one attached hydrogen (secondary N) is 1. The van der Waals surface area contributed by atoms with Crippen molar-refractivity contribution >= 4 is 11.6 Å². The molecule has 1 saturated carbocycles. The fourth-order valence-electron chi connectivity index (χ4n) is 3.15. The van der Waals surface area contributed by atoms with Gasteiger partial charge in [0.25, 0.3) is 0 Å². The van der Waals surface area contributed by atoms with Gasteiger partial charge in [-0.05, 0) is 54.9 Å². The molecule has 0 amide bonds. The monoisotopic (exact) mass is 298 g/mol. The molecule has 1 aromatic carbocycles. The fourth-order valence-corrected chi connectivity index (χ4v) is 3.15. The highest BCUT2D eigenvalue weighted by molar-refractivity contribution is 5.87. The number of rotatable bonds is 1. The molecule has 1 heterocycles. The fraction of sp³-hybridized carbons (Fsp3) is 0.450. The molecule has 0 bridgehead atoms. The average Bonchev–Trinajstić information content (AvgIpc) is 3.26. The van der Waals surface area contributed by atoms with Gasteiger partial charge in [0.15, 0.2) is 0 Å². The van der Waals surface area contributed by atoms with E-state index in [4.69, 9.17) is 0 Å². The lowest BCUT2D eigenvalue weighted by Crippen LogP contribution is -1.99. The zero-order valence-corrected chi connectivity index (χ0v) is 14.7. The molecular weight excluding hydrogens is 268 g/mol. The Labute approximate surface area is 136 Å². The Morgan fingerprint density at radius 2 is 1.82 bits per heavy atom. The zero-order chi connectivity index (χ0) is 16.3. The first-order valence-electron chi connectivity index (χ1n) is 8.56. The molecule has 4 rings (SSSR count). The van der Waals surface area contributed by atoms with Crippen molar-refractivity contribution in [3.05, 3.63) is 52.6 Å². The summed E-state index contributed by atoms with van der Waals surface area (Å²) in [5.74, 6) is 2.44. The van der Waals surface area contributed by atoms with Crippen molar-refractivity contribution < 1.29 is 1.43 Å². The van der Waals surface area contributed by atoms with E-state index in [0.717, 1.165) is 11.7 Å². The smallest absolute Gasteiger partial charge is 0.103 e. The van der Waals surface area contributed by atoms with Crippen molar-refractivity contribution in [1.29, 1.82) is 0 Å². The van der Waals surface area contributed by atoms with Crippen LogP contribution in [0.5, 0.6) is 0 Å². The summed E-state index contributed by atoms with van der Waals surface area (Å²) in [6.07, 6.45) is 5.60. The third kappa shape index (κ3) is 3.01. The molecule has 1 fully saturated rings. The van der Waals surface area contributed by atoms with Crippen LogP contribution < -0.4 is 0 Å². The molecule has 2 aromatic rings. The van der Waals surface area contributed by atoms with Crippen LogP contribution in [0.1, 0.15) is 69.7 Å². The maximum Gasteiger partial charge on any atom is 0.103 e. The molecule has 2 unspecified atom stereocenters. The molecule has 2 heteroatoms. The van der Waals surface area contributed by atoms with E-state index >= 15 is 0 Å². The molecule has 120 valence electrons. The Hall–Kier alpha value is -1.83. The third-order valence-electron chi connectivity index (χ3n) is 4.16. The summed E-state index contributed by atoms with van der Waals surface area (Å²) in [4.78, 5) is 7.68. The number of fused-ring (bicyclic) bond motifs is 3. The number of benzene rings is 1. The first kappa shape index (κ1) is 16.5. The van der Waals surface area contributed by atoms with E-state index in [0.29, 0.717) is 5.92 Å². The van der Waals surface area contributed by atoms with Gasteiger partial charge in [0.2, 0.25) is 0 Å². The van der Waals surface area contributed by atoms with Crippen LogP contribution >= 0.6 is 0 Å². The molecule has 1 N–H and O–H groups in total. The first-order chi connectivity index (χ1) is 10.7. The summed E-state index contributed by atoms with van der Waals surface area (Å²) in [5, 5.41) is 0. The molecular formula is C20H30N2. The van der Waals surface area contributed by atoms with Crippen LogP contribution in [0.25, 0.3) is 11.6 Å². The lowest BCUT2D eigenvalue weighted by atomic mass is 9.90. The first-order valence-corrected chi connectivity index (χ1v) is 8.56.